The van der Waals surface area contributed by atoms with Crippen LogP contribution in [0, 0.1) is 6.92 Å². The Bertz CT molecular complexity index is 618. The van der Waals surface area contributed by atoms with E-state index in [0.717, 1.165) is 5.56 Å². The zero-order valence-corrected chi connectivity index (χ0v) is 12.1. The highest BCUT2D eigenvalue weighted by molar-refractivity contribution is 6.44. The molecular formula is C11H10Cl3N5. The second-order valence-corrected chi connectivity index (χ2v) is 4.93. The number of hydrazine groups is 1. The van der Waals surface area contributed by atoms with Crippen molar-refractivity contribution in [3.8, 4) is 0 Å². The van der Waals surface area contributed by atoms with Crippen molar-refractivity contribution in [3.05, 3.63) is 39.1 Å². The molecule has 0 atom stereocenters. The summed E-state index contributed by atoms with van der Waals surface area (Å²) >= 11 is 17.9. The summed E-state index contributed by atoms with van der Waals surface area (Å²) in [5.41, 5.74) is 3.84. The maximum atomic E-state index is 6.09. The summed E-state index contributed by atoms with van der Waals surface area (Å²) < 4.78 is 0. The lowest BCUT2D eigenvalue weighted by Crippen LogP contribution is -2.11. The highest BCUT2D eigenvalue weighted by atomic mass is 35.5. The van der Waals surface area contributed by atoms with Gasteiger partial charge in [-0.1, -0.05) is 34.8 Å². The van der Waals surface area contributed by atoms with Gasteiger partial charge in [0, 0.05) is 5.56 Å². The molecule has 0 aliphatic rings. The predicted octanol–water partition coefficient (Wildman–Crippen LogP) is 3.77. The van der Waals surface area contributed by atoms with Gasteiger partial charge in [0.1, 0.15) is 18.0 Å². The molecule has 0 saturated heterocycles. The Kier molecular flexibility index (Phi) is 4.31. The fraction of sp³-hybridized carbons (Fsp3) is 0.0909. The third kappa shape index (κ3) is 3.01. The number of nitrogen functional groups attached to an aromatic ring is 1. The molecule has 0 unspecified atom stereocenters. The van der Waals surface area contributed by atoms with Gasteiger partial charge in [-0.3, -0.25) is 0 Å². The normalized spacial score (nSPS) is 10.4. The van der Waals surface area contributed by atoms with Crippen LogP contribution < -0.4 is 16.6 Å². The van der Waals surface area contributed by atoms with Crippen molar-refractivity contribution in [3.63, 3.8) is 0 Å². The number of halogens is 3. The van der Waals surface area contributed by atoms with Gasteiger partial charge in [0.15, 0.2) is 0 Å². The molecule has 2 aromatic rings. The minimum absolute atomic E-state index is 0.390. The number of nitrogens with one attached hydrogen (secondary N) is 2. The van der Waals surface area contributed by atoms with Gasteiger partial charge in [-0.05, 0) is 19.1 Å². The molecule has 0 saturated carbocycles. The number of aromatic nitrogens is 2. The lowest BCUT2D eigenvalue weighted by molar-refractivity contribution is 1.11. The maximum Gasteiger partial charge on any atom is 0.148 e. The molecule has 100 valence electrons. The van der Waals surface area contributed by atoms with Gasteiger partial charge in [0.05, 0.1) is 20.8 Å². The van der Waals surface area contributed by atoms with E-state index in [-0.39, 0.29) is 0 Å². The van der Waals surface area contributed by atoms with E-state index >= 15 is 0 Å². The van der Waals surface area contributed by atoms with Crippen LogP contribution in [0.15, 0.2) is 18.5 Å². The minimum Gasteiger partial charge on any atom is -0.339 e. The number of anilines is 3. The van der Waals surface area contributed by atoms with E-state index in [4.69, 9.17) is 40.6 Å². The van der Waals surface area contributed by atoms with Gasteiger partial charge in [0.2, 0.25) is 0 Å². The number of hydrogen-bond donors (Lipinski definition) is 3. The summed E-state index contributed by atoms with van der Waals surface area (Å²) in [6, 6.07) is 3.19. The Balaban J connectivity index is 2.39. The van der Waals surface area contributed by atoms with Crippen molar-refractivity contribution < 1.29 is 0 Å². The van der Waals surface area contributed by atoms with Crippen LogP contribution in [-0.4, -0.2) is 9.97 Å². The van der Waals surface area contributed by atoms with Crippen LogP contribution in [-0.2, 0) is 0 Å². The summed E-state index contributed by atoms with van der Waals surface area (Å²) in [5, 5.41) is 4.29. The quantitative estimate of drug-likeness (QED) is 0.456. The van der Waals surface area contributed by atoms with Gasteiger partial charge >= 0.3 is 0 Å². The predicted molar refractivity (Wildman–Crippen MR) is 79.3 cm³/mol. The molecular weight excluding hydrogens is 309 g/mol. The molecule has 0 bridgehead atoms. The smallest absolute Gasteiger partial charge is 0.148 e. The van der Waals surface area contributed by atoms with E-state index in [2.05, 4.69) is 20.7 Å². The Labute approximate surface area is 125 Å². The average Bonchev–Trinajstić information content (AvgIpc) is 2.38. The van der Waals surface area contributed by atoms with Crippen LogP contribution in [0.1, 0.15) is 5.56 Å². The molecule has 0 spiro atoms. The molecule has 8 heteroatoms. The van der Waals surface area contributed by atoms with Crippen molar-refractivity contribution in [2.75, 3.05) is 10.7 Å². The van der Waals surface area contributed by atoms with E-state index < -0.39 is 0 Å². The van der Waals surface area contributed by atoms with Crippen molar-refractivity contribution in [1.29, 1.82) is 0 Å². The molecule has 0 radical (unpaired) electrons. The van der Waals surface area contributed by atoms with Crippen LogP contribution in [0.5, 0.6) is 0 Å². The molecule has 5 nitrogen and oxygen atoms in total. The second kappa shape index (κ2) is 5.79. The van der Waals surface area contributed by atoms with Gasteiger partial charge in [-0.2, -0.15) is 0 Å². The largest absolute Gasteiger partial charge is 0.339 e. The topological polar surface area (TPSA) is 75.9 Å². The highest BCUT2D eigenvalue weighted by Gasteiger charge is 2.10. The fourth-order valence-corrected chi connectivity index (χ4v) is 2.06. The molecule has 0 aliphatic carbocycles. The lowest BCUT2D eigenvalue weighted by Gasteiger charge is -2.12. The Morgan fingerprint density at radius 1 is 1.00 bits per heavy atom. The molecule has 0 aliphatic heterocycles. The molecule has 0 fully saturated rings. The molecule has 19 heavy (non-hydrogen) atoms. The first-order valence-electron chi connectivity index (χ1n) is 5.22. The number of benzene rings is 1. The van der Waals surface area contributed by atoms with E-state index in [9.17, 15) is 0 Å². The van der Waals surface area contributed by atoms with E-state index in [0.29, 0.717) is 32.4 Å². The van der Waals surface area contributed by atoms with Crippen molar-refractivity contribution in [2.45, 2.75) is 6.92 Å². The SMILES string of the molecule is Cc1c(NN)ncnc1Nc1cc(Cl)c(Cl)cc1Cl. The van der Waals surface area contributed by atoms with Crippen LogP contribution in [0.3, 0.4) is 0 Å². The molecule has 0 amide bonds. The average molecular weight is 319 g/mol. The number of rotatable bonds is 3. The first-order chi connectivity index (χ1) is 9.02. The minimum atomic E-state index is 0.390. The molecule has 2 rings (SSSR count). The first-order valence-corrected chi connectivity index (χ1v) is 6.36. The summed E-state index contributed by atoms with van der Waals surface area (Å²) in [5.74, 6) is 6.45. The molecule has 1 aromatic heterocycles. The monoisotopic (exact) mass is 317 g/mol. The fourth-order valence-electron chi connectivity index (χ4n) is 1.47. The van der Waals surface area contributed by atoms with Gasteiger partial charge in [0.25, 0.3) is 0 Å². The van der Waals surface area contributed by atoms with Crippen molar-refractivity contribution in [1.82, 2.24) is 9.97 Å². The van der Waals surface area contributed by atoms with Gasteiger partial charge in [-0.25, -0.2) is 15.8 Å². The standard InChI is InChI=1S/C11H10Cl3N5/c1-5-10(16-4-17-11(5)19-15)18-9-3-7(13)6(12)2-8(9)14/h2-4H,15H2,1H3,(H2,16,17,18,19). The Morgan fingerprint density at radius 2 is 1.63 bits per heavy atom. The number of hydrogen-bond acceptors (Lipinski definition) is 5. The third-order valence-corrected chi connectivity index (χ3v) is 3.52. The first kappa shape index (κ1) is 14.1. The van der Waals surface area contributed by atoms with E-state index in [1.165, 1.54) is 6.33 Å². The molecule has 4 N–H and O–H groups in total. The van der Waals surface area contributed by atoms with Gasteiger partial charge < -0.3 is 10.7 Å². The summed E-state index contributed by atoms with van der Waals surface area (Å²) in [4.78, 5) is 8.11. The van der Waals surface area contributed by atoms with Crippen LogP contribution in [0.2, 0.25) is 15.1 Å². The molecule has 1 aromatic carbocycles. The number of nitrogens with two attached hydrogens (primary N) is 1. The number of nitrogens with zero attached hydrogens (tertiary/aromatic N) is 2. The van der Waals surface area contributed by atoms with Gasteiger partial charge in [-0.15, -0.1) is 0 Å². The second-order valence-electron chi connectivity index (χ2n) is 3.71. The lowest BCUT2D eigenvalue weighted by atomic mass is 10.2. The third-order valence-electron chi connectivity index (χ3n) is 2.48. The van der Waals surface area contributed by atoms with Crippen molar-refractivity contribution in [2.24, 2.45) is 5.84 Å². The Hall–Kier alpha value is -1.27. The summed E-state index contributed by atoms with van der Waals surface area (Å²) in [7, 11) is 0. The highest BCUT2D eigenvalue weighted by Crippen LogP contribution is 2.34. The zero-order chi connectivity index (χ0) is 14.0. The molecule has 1 heterocycles. The zero-order valence-electron chi connectivity index (χ0n) is 9.84. The van der Waals surface area contributed by atoms with Crippen LogP contribution >= 0.6 is 34.8 Å². The van der Waals surface area contributed by atoms with Crippen LogP contribution in [0.4, 0.5) is 17.3 Å². The summed E-state index contributed by atoms with van der Waals surface area (Å²) in [6.45, 7) is 1.82. The maximum absolute atomic E-state index is 6.09. The van der Waals surface area contributed by atoms with E-state index in [1.807, 2.05) is 6.92 Å². The van der Waals surface area contributed by atoms with E-state index in [1.54, 1.807) is 12.1 Å². The summed E-state index contributed by atoms with van der Waals surface area (Å²) in [6.07, 6.45) is 1.38. The Morgan fingerprint density at radius 3 is 2.32 bits per heavy atom. The van der Waals surface area contributed by atoms with Crippen molar-refractivity contribution >= 4 is 52.1 Å². The van der Waals surface area contributed by atoms with Crippen LogP contribution in [0.25, 0.3) is 0 Å².